The Bertz CT molecular complexity index is 406. The Hall–Kier alpha value is -0.800. The third-order valence-corrected chi connectivity index (χ3v) is 4.76. The topological polar surface area (TPSA) is 48.4 Å². The van der Waals surface area contributed by atoms with Gasteiger partial charge in [0.1, 0.15) is 5.76 Å². The lowest BCUT2D eigenvalue weighted by molar-refractivity contribution is -0.0972. The number of hydrogen-bond acceptors (Lipinski definition) is 3. The maximum Gasteiger partial charge on any atom is 0.123 e. The van der Waals surface area contributed by atoms with Gasteiger partial charge in [0.05, 0.1) is 17.9 Å². The van der Waals surface area contributed by atoms with Crippen LogP contribution in [0.1, 0.15) is 55.9 Å². The summed E-state index contributed by atoms with van der Waals surface area (Å²) in [6.45, 7) is 2.93. The molecule has 0 amide bonds. The van der Waals surface area contributed by atoms with Gasteiger partial charge in [0.25, 0.3) is 0 Å². The third-order valence-electron chi connectivity index (χ3n) is 4.76. The van der Waals surface area contributed by atoms with Crippen molar-refractivity contribution in [2.24, 2.45) is 11.7 Å². The van der Waals surface area contributed by atoms with Gasteiger partial charge in [-0.25, -0.2) is 0 Å². The summed E-state index contributed by atoms with van der Waals surface area (Å²) >= 11 is 0. The summed E-state index contributed by atoms with van der Waals surface area (Å²) in [4.78, 5) is 0. The molecule has 2 fully saturated rings. The first kappa shape index (κ1) is 12.2. The van der Waals surface area contributed by atoms with Crippen LogP contribution in [0.5, 0.6) is 0 Å². The fourth-order valence-electron chi connectivity index (χ4n) is 3.68. The van der Waals surface area contributed by atoms with Gasteiger partial charge in [-0.1, -0.05) is 12.8 Å². The third kappa shape index (κ3) is 2.10. The molecule has 1 spiro atoms. The average molecular weight is 249 g/mol. The molecule has 1 aromatic rings. The molecule has 1 aromatic heterocycles. The van der Waals surface area contributed by atoms with Crippen LogP contribution in [0.15, 0.2) is 16.7 Å². The molecule has 2 aliphatic rings. The van der Waals surface area contributed by atoms with Crippen LogP contribution in [0.4, 0.5) is 0 Å². The summed E-state index contributed by atoms with van der Waals surface area (Å²) in [5.74, 6) is 1.47. The second kappa shape index (κ2) is 4.71. The quantitative estimate of drug-likeness (QED) is 0.874. The van der Waals surface area contributed by atoms with Gasteiger partial charge in [-0.2, -0.15) is 0 Å². The lowest BCUT2D eigenvalue weighted by atomic mass is 9.80. The maximum absolute atomic E-state index is 6.42. The minimum absolute atomic E-state index is 0.0291. The smallest absolute Gasteiger partial charge is 0.123 e. The monoisotopic (exact) mass is 249 g/mol. The van der Waals surface area contributed by atoms with E-state index in [9.17, 15) is 0 Å². The molecule has 0 radical (unpaired) electrons. The van der Waals surface area contributed by atoms with E-state index in [0.29, 0.717) is 5.92 Å². The molecule has 18 heavy (non-hydrogen) atoms. The van der Waals surface area contributed by atoms with E-state index in [0.717, 1.165) is 25.2 Å². The van der Waals surface area contributed by atoms with Crippen molar-refractivity contribution in [1.29, 1.82) is 0 Å². The van der Waals surface area contributed by atoms with Gasteiger partial charge < -0.3 is 14.9 Å². The summed E-state index contributed by atoms with van der Waals surface area (Å²) in [6, 6.07) is 2.03. The number of nitrogens with two attached hydrogens (primary N) is 1. The zero-order valence-corrected chi connectivity index (χ0v) is 11.2. The summed E-state index contributed by atoms with van der Waals surface area (Å²) in [5.41, 5.74) is 7.73. The molecule has 1 aliphatic heterocycles. The minimum Gasteiger partial charge on any atom is -0.467 e. The first-order valence-electron chi connectivity index (χ1n) is 7.14. The van der Waals surface area contributed by atoms with E-state index in [4.69, 9.17) is 14.9 Å². The number of aryl methyl sites for hydroxylation is 1. The van der Waals surface area contributed by atoms with E-state index in [-0.39, 0.29) is 11.6 Å². The highest BCUT2D eigenvalue weighted by atomic mass is 16.5. The van der Waals surface area contributed by atoms with E-state index in [1.807, 2.05) is 6.07 Å². The van der Waals surface area contributed by atoms with Gasteiger partial charge in [-0.05, 0) is 50.2 Å². The predicted octanol–water partition coefficient (Wildman–Crippen LogP) is 3.33. The van der Waals surface area contributed by atoms with Crippen LogP contribution < -0.4 is 5.73 Å². The first-order valence-corrected chi connectivity index (χ1v) is 7.14. The molecule has 100 valence electrons. The molecule has 3 heteroatoms. The molecule has 3 rings (SSSR count). The molecular weight excluding hydrogens is 226 g/mol. The molecule has 1 aliphatic carbocycles. The van der Waals surface area contributed by atoms with Gasteiger partial charge in [0.2, 0.25) is 0 Å². The van der Waals surface area contributed by atoms with Crippen LogP contribution in [0.2, 0.25) is 0 Å². The van der Waals surface area contributed by atoms with E-state index < -0.39 is 0 Å². The summed E-state index contributed by atoms with van der Waals surface area (Å²) < 4.78 is 11.6. The van der Waals surface area contributed by atoms with Crippen LogP contribution in [-0.4, -0.2) is 12.2 Å². The van der Waals surface area contributed by atoms with E-state index in [1.54, 1.807) is 6.26 Å². The molecule has 1 saturated heterocycles. The van der Waals surface area contributed by atoms with Crippen molar-refractivity contribution in [3.63, 3.8) is 0 Å². The predicted molar refractivity (Wildman–Crippen MR) is 70.2 cm³/mol. The second-order valence-corrected chi connectivity index (χ2v) is 5.99. The molecule has 0 bridgehead atoms. The standard InChI is InChI=1S/C15H23NO2/c1-11-4-8-17-14(11)13(16)12-5-9-18-15(10-12)6-2-3-7-15/h4,8,12-13H,2-3,5-7,9-10,16H2,1H3. The fraction of sp³-hybridized carbons (Fsp3) is 0.733. The molecule has 3 nitrogen and oxygen atoms in total. The van der Waals surface area contributed by atoms with Crippen LogP contribution >= 0.6 is 0 Å². The normalized spacial score (nSPS) is 28.7. The Morgan fingerprint density at radius 3 is 2.83 bits per heavy atom. The lowest BCUT2D eigenvalue weighted by Crippen LogP contribution is -2.40. The zero-order valence-electron chi connectivity index (χ0n) is 11.2. The van der Waals surface area contributed by atoms with E-state index in [2.05, 4.69) is 6.92 Å². The Balaban J connectivity index is 1.74. The molecule has 2 N–H and O–H groups in total. The summed E-state index contributed by atoms with van der Waals surface area (Å²) in [6.07, 6.45) is 8.96. The van der Waals surface area contributed by atoms with E-state index >= 15 is 0 Å². The van der Waals surface area contributed by atoms with Crippen LogP contribution in [0.25, 0.3) is 0 Å². The van der Waals surface area contributed by atoms with Crippen molar-refractivity contribution >= 4 is 0 Å². The summed E-state index contributed by atoms with van der Waals surface area (Å²) in [7, 11) is 0. The maximum atomic E-state index is 6.42. The fourth-order valence-corrected chi connectivity index (χ4v) is 3.68. The Kier molecular flexibility index (Phi) is 3.20. The van der Waals surface area contributed by atoms with Crippen molar-refractivity contribution in [3.05, 3.63) is 23.7 Å². The molecule has 0 aromatic carbocycles. The zero-order chi connectivity index (χ0) is 12.6. The number of rotatable bonds is 2. The van der Waals surface area contributed by atoms with Gasteiger partial charge in [0, 0.05) is 6.61 Å². The van der Waals surface area contributed by atoms with Gasteiger partial charge >= 0.3 is 0 Å². The first-order chi connectivity index (χ1) is 8.70. The Labute approximate surface area is 109 Å². The average Bonchev–Trinajstić information content (AvgIpc) is 2.98. The molecule has 2 heterocycles. The minimum atomic E-state index is 0.0291. The molecule has 2 atom stereocenters. The molecule has 1 saturated carbocycles. The molecular formula is C15H23NO2. The van der Waals surface area contributed by atoms with Gasteiger partial charge in [0.15, 0.2) is 0 Å². The van der Waals surface area contributed by atoms with Gasteiger partial charge in [-0.3, -0.25) is 0 Å². The lowest BCUT2D eigenvalue weighted by Gasteiger charge is -2.40. The highest BCUT2D eigenvalue weighted by molar-refractivity contribution is 5.19. The highest BCUT2D eigenvalue weighted by Gasteiger charge is 2.42. The van der Waals surface area contributed by atoms with Crippen molar-refractivity contribution in [2.45, 2.75) is 57.1 Å². The van der Waals surface area contributed by atoms with Crippen LogP contribution in [-0.2, 0) is 4.74 Å². The number of ether oxygens (including phenoxy) is 1. The van der Waals surface area contributed by atoms with E-state index in [1.165, 1.54) is 31.2 Å². The SMILES string of the molecule is Cc1ccoc1C(N)C1CCOC2(CCCC2)C1. The van der Waals surface area contributed by atoms with Crippen molar-refractivity contribution < 1.29 is 9.15 Å². The van der Waals surface area contributed by atoms with Crippen LogP contribution in [0.3, 0.4) is 0 Å². The van der Waals surface area contributed by atoms with Crippen molar-refractivity contribution in [2.75, 3.05) is 6.61 Å². The van der Waals surface area contributed by atoms with Crippen molar-refractivity contribution in [3.8, 4) is 0 Å². The van der Waals surface area contributed by atoms with Crippen molar-refractivity contribution in [1.82, 2.24) is 0 Å². The Morgan fingerprint density at radius 2 is 2.17 bits per heavy atom. The highest BCUT2D eigenvalue weighted by Crippen LogP contribution is 2.45. The second-order valence-electron chi connectivity index (χ2n) is 5.99. The number of hydrogen-bond donors (Lipinski definition) is 1. The van der Waals surface area contributed by atoms with Crippen LogP contribution in [0, 0.1) is 12.8 Å². The number of furan rings is 1. The summed E-state index contributed by atoms with van der Waals surface area (Å²) in [5, 5.41) is 0. The largest absolute Gasteiger partial charge is 0.467 e. The Morgan fingerprint density at radius 1 is 1.39 bits per heavy atom. The molecule has 2 unspecified atom stereocenters. The van der Waals surface area contributed by atoms with Gasteiger partial charge in [-0.15, -0.1) is 0 Å².